The summed E-state index contributed by atoms with van der Waals surface area (Å²) < 4.78 is 10.8. The molecule has 27 heavy (non-hydrogen) atoms. The van der Waals surface area contributed by atoms with Crippen molar-refractivity contribution < 1.29 is 14.3 Å². The Morgan fingerprint density at radius 1 is 1.00 bits per heavy atom. The zero-order chi connectivity index (χ0) is 19.5. The Morgan fingerprint density at radius 2 is 1.74 bits per heavy atom. The molecular weight excluding hydrogens is 340 g/mol. The Kier molecular flexibility index (Phi) is 8.81. The first kappa shape index (κ1) is 20.9. The van der Waals surface area contributed by atoms with Gasteiger partial charge in [0.1, 0.15) is 0 Å². The number of amides is 2. The number of hydrogen-bond donors (Lipinski definition) is 2. The molecule has 2 aromatic carbocycles. The molecule has 0 bridgehead atoms. The van der Waals surface area contributed by atoms with Crippen LogP contribution in [0.15, 0.2) is 54.6 Å². The molecule has 0 aliphatic carbocycles. The Labute approximate surface area is 162 Å². The lowest BCUT2D eigenvalue weighted by molar-refractivity contribution is 0.0453. The van der Waals surface area contributed by atoms with E-state index in [2.05, 4.69) is 24.5 Å². The number of urea groups is 1. The predicted molar refractivity (Wildman–Crippen MR) is 109 cm³/mol. The third-order valence-electron chi connectivity index (χ3n) is 4.14. The minimum atomic E-state index is -0.216. The van der Waals surface area contributed by atoms with Gasteiger partial charge in [0.15, 0.2) is 0 Å². The van der Waals surface area contributed by atoms with Crippen molar-refractivity contribution in [1.82, 2.24) is 5.32 Å². The van der Waals surface area contributed by atoms with Crippen LogP contribution in [0.5, 0.6) is 0 Å². The van der Waals surface area contributed by atoms with Crippen LogP contribution >= 0.6 is 0 Å². The van der Waals surface area contributed by atoms with Gasteiger partial charge in [0.25, 0.3) is 0 Å². The van der Waals surface area contributed by atoms with Crippen molar-refractivity contribution in [2.75, 3.05) is 25.1 Å². The molecule has 2 rings (SSSR count). The Bertz CT molecular complexity index is 689. The second kappa shape index (κ2) is 11.4. The molecule has 1 unspecified atom stereocenters. The molecule has 2 amide bonds. The highest BCUT2D eigenvalue weighted by molar-refractivity contribution is 5.89. The van der Waals surface area contributed by atoms with Gasteiger partial charge < -0.3 is 20.1 Å². The zero-order valence-corrected chi connectivity index (χ0v) is 16.4. The van der Waals surface area contributed by atoms with Crippen LogP contribution in [0, 0.1) is 5.92 Å². The van der Waals surface area contributed by atoms with E-state index >= 15 is 0 Å². The van der Waals surface area contributed by atoms with E-state index in [4.69, 9.17) is 9.47 Å². The van der Waals surface area contributed by atoms with Crippen molar-refractivity contribution in [3.8, 4) is 0 Å². The molecule has 0 saturated carbocycles. The van der Waals surface area contributed by atoms with Crippen LogP contribution in [0.4, 0.5) is 10.5 Å². The molecule has 5 nitrogen and oxygen atoms in total. The molecular formula is C22H30N2O3. The highest BCUT2D eigenvalue weighted by Gasteiger charge is 2.18. The van der Waals surface area contributed by atoms with Crippen molar-refractivity contribution in [1.29, 1.82) is 0 Å². The standard InChI is InChI=1S/C22H30N2O3/c1-4-26-13-14-27-16-18-9-8-12-20(15-18)23-22(25)24-21(17(2)3)19-10-6-5-7-11-19/h5-12,15,17,21H,4,13-14,16H2,1-3H3,(H2,23,24,25). The summed E-state index contributed by atoms with van der Waals surface area (Å²) in [6, 6.07) is 17.4. The number of nitrogens with one attached hydrogen (secondary N) is 2. The molecule has 0 aliphatic heterocycles. The van der Waals surface area contributed by atoms with Crippen LogP contribution in [0.1, 0.15) is 37.9 Å². The van der Waals surface area contributed by atoms with E-state index in [0.717, 1.165) is 16.8 Å². The average molecular weight is 370 g/mol. The van der Waals surface area contributed by atoms with Crippen molar-refractivity contribution in [2.24, 2.45) is 5.92 Å². The number of rotatable bonds is 10. The fourth-order valence-electron chi connectivity index (χ4n) is 2.79. The van der Waals surface area contributed by atoms with Gasteiger partial charge in [-0.3, -0.25) is 0 Å². The van der Waals surface area contributed by atoms with Gasteiger partial charge in [0.05, 0.1) is 25.9 Å². The second-order valence-corrected chi connectivity index (χ2v) is 6.68. The van der Waals surface area contributed by atoms with Crippen LogP contribution < -0.4 is 10.6 Å². The summed E-state index contributed by atoms with van der Waals surface area (Å²) in [5, 5.41) is 5.99. The molecule has 2 aromatic rings. The first-order valence-corrected chi connectivity index (χ1v) is 9.47. The fourth-order valence-corrected chi connectivity index (χ4v) is 2.79. The summed E-state index contributed by atoms with van der Waals surface area (Å²) in [6.07, 6.45) is 0. The lowest BCUT2D eigenvalue weighted by atomic mass is 9.96. The highest BCUT2D eigenvalue weighted by atomic mass is 16.5. The minimum absolute atomic E-state index is 0.0451. The number of hydrogen-bond acceptors (Lipinski definition) is 3. The van der Waals surface area contributed by atoms with Crippen LogP contribution in [-0.2, 0) is 16.1 Å². The SMILES string of the molecule is CCOCCOCc1cccc(NC(=O)NC(c2ccccc2)C(C)C)c1. The average Bonchev–Trinajstić information content (AvgIpc) is 2.67. The monoisotopic (exact) mass is 370 g/mol. The molecule has 5 heteroatoms. The predicted octanol–water partition coefficient (Wildman–Crippen LogP) is 4.76. The van der Waals surface area contributed by atoms with Crippen molar-refractivity contribution in [3.05, 3.63) is 65.7 Å². The Balaban J connectivity index is 1.90. The molecule has 0 aromatic heterocycles. The summed E-state index contributed by atoms with van der Waals surface area (Å²) in [7, 11) is 0. The minimum Gasteiger partial charge on any atom is -0.379 e. The van der Waals surface area contributed by atoms with Gasteiger partial charge in [0, 0.05) is 12.3 Å². The maximum atomic E-state index is 12.5. The summed E-state index contributed by atoms with van der Waals surface area (Å²) in [5.74, 6) is 0.281. The molecule has 0 spiro atoms. The van der Waals surface area contributed by atoms with Crippen LogP contribution in [0.2, 0.25) is 0 Å². The second-order valence-electron chi connectivity index (χ2n) is 6.68. The quantitative estimate of drug-likeness (QED) is 0.593. The summed E-state index contributed by atoms with van der Waals surface area (Å²) in [5.41, 5.74) is 2.85. The van der Waals surface area contributed by atoms with E-state index in [1.165, 1.54) is 0 Å². The fraction of sp³-hybridized carbons (Fsp3) is 0.409. The molecule has 146 valence electrons. The smallest absolute Gasteiger partial charge is 0.319 e. The van der Waals surface area contributed by atoms with Crippen LogP contribution in [0.25, 0.3) is 0 Å². The Hall–Kier alpha value is -2.37. The number of carbonyl (C=O) groups excluding carboxylic acids is 1. The van der Waals surface area contributed by atoms with Gasteiger partial charge in [0.2, 0.25) is 0 Å². The highest BCUT2D eigenvalue weighted by Crippen LogP contribution is 2.21. The molecule has 2 N–H and O–H groups in total. The van der Waals surface area contributed by atoms with Gasteiger partial charge in [-0.2, -0.15) is 0 Å². The molecule has 1 atom stereocenters. The summed E-state index contributed by atoms with van der Waals surface area (Å²) in [4.78, 5) is 12.5. The van der Waals surface area contributed by atoms with E-state index in [1.54, 1.807) is 0 Å². The molecule has 0 fully saturated rings. The third-order valence-corrected chi connectivity index (χ3v) is 4.14. The first-order valence-electron chi connectivity index (χ1n) is 9.47. The van der Waals surface area contributed by atoms with Crippen molar-refractivity contribution in [2.45, 2.75) is 33.4 Å². The van der Waals surface area contributed by atoms with Crippen molar-refractivity contribution >= 4 is 11.7 Å². The van der Waals surface area contributed by atoms with Gasteiger partial charge in [-0.25, -0.2) is 4.79 Å². The normalized spacial score (nSPS) is 12.0. The zero-order valence-electron chi connectivity index (χ0n) is 16.4. The van der Waals surface area contributed by atoms with Gasteiger partial charge in [-0.1, -0.05) is 56.3 Å². The van der Waals surface area contributed by atoms with Crippen LogP contribution in [0.3, 0.4) is 0 Å². The third kappa shape index (κ3) is 7.41. The lowest BCUT2D eigenvalue weighted by Gasteiger charge is -2.23. The van der Waals surface area contributed by atoms with Gasteiger partial charge in [-0.15, -0.1) is 0 Å². The van der Waals surface area contributed by atoms with Crippen molar-refractivity contribution in [3.63, 3.8) is 0 Å². The van der Waals surface area contributed by atoms with E-state index in [-0.39, 0.29) is 18.0 Å². The number of anilines is 1. The Morgan fingerprint density at radius 3 is 2.44 bits per heavy atom. The number of carbonyl (C=O) groups is 1. The number of ether oxygens (including phenoxy) is 2. The van der Waals surface area contributed by atoms with E-state index in [9.17, 15) is 4.79 Å². The first-order chi connectivity index (χ1) is 13.1. The maximum absolute atomic E-state index is 12.5. The van der Waals surface area contributed by atoms with E-state index < -0.39 is 0 Å². The summed E-state index contributed by atoms with van der Waals surface area (Å²) >= 11 is 0. The van der Waals surface area contributed by atoms with Gasteiger partial charge >= 0.3 is 6.03 Å². The van der Waals surface area contributed by atoms with Crippen LogP contribution in [-0.4, -0.2) is 25.9 Å². The molecule has 0 radical (unpaired) electrons. The van der Waals surface area contributed by atoms with Gasteiger partial charge in [-0.05, 0) is 36.1 Å². The van der Waals surface area contributed by atoms with E-state index in [1.807, 2.05) is 61.5 Å². The largest absolute Gasteiger partial charge is 0.379 e. The molecule has 0 saturated heterocycles. The van der Waals surface area contributed by atoms with E-state index in [0.29, 0.717) is 26.4 Å². The maximum Gasteiger partial charge on any atom is 0.319 e. The summed E-state index contributed by atoms with van der Waals surface area (Å²) in [6.45, 7) is 8.48. The number of benzene rings is 2. The molecule has 0 heterocycles. The topological polar surface area (TPSA) is 59.6 Å². The molecule has 0 aliphatic rings. The lowest BCUT2D eigenvalue weighted by Crippen LogP contribution is -2.35.